The summed E-state index contributed by atoms with van der Waals surface area (Å²) in [5, 5.41) is 8.83. The number of sulfonamides is 1. The molecule has 0 spiro atoms. The van der Waals surface area contributed by atoms with Gasteiger partial charge < -0.3 is 0 Å². The van der Waals surface area contributed by atoms with Crippen LogP contribution in [0.4, 0.5) is 5.69 Å². The number of pyridine rings is 2. The van der Waals surface area contributed by atoms with Gasteiger partial charge in [0, 0.05) is 12.4 Å². The quantitative estimate of drug-likeness (QED) is 0.893. The number of nitrogens with one attached hydrogen (secondary N) is 1. The molecule has 0 aliphatic heterocycles. The molecule has 0 aliphatic rings. The lowest BCUT2D eigenvalue weighted by Gasteiger charge is -2.07. The lowest BCUT2D eigenvalue weighted by molar-refractivity contribution is 0.600. The van der Waals surface area contributed by atoms with E-state index >= 15 is 0 Å². The Kier molecular flexibility index (Phi) is 3.21. The molecule has 0 saturated heterocycles. The highest BCUT2D eigenvalue weighted by Gasteiger charge is 2.19. The molecule has 0 amide bonds. The van der Waals surface area contributed by atoms with Gasteiger partial charge in [-0.1, -0.05) is 0 Å². The Labute approximate surface area is 104 Å². The van der Waals surface area contributed by atoms with Crippen LogP contribution in [-0.2, 0) is 10.0 Å². The Bertz CT molecular complexity index is 692. The topological polar surface area (TPSA) is 95.7 Å². The lowest BCUT2D eigenvalue weighted by atomic mass is 10.4. The minimum absolute atomic E-state index is 0.145. The first-order valence-corrected chi connectivity index (χ1v) is 6.40. The fourth-order valence-electron chi connectivity index (χ4n) is 1.32. The second-order valence-electron chi connectivity index (χ2n) is 3.31. The van der Waals surface area contributed by atoms with Gasteiger partial charge in [-0.3, -0.25) is 9.71 Å². The molecule has 2 rings (SSSR count). The maximum atomic E-state index is 12.1. The predicted octanol–water partition coefficient (Wildman–Crippen LogP) is 1.15. The molecule has 2 aromatic rings. The number of hydrogen-bond acceptors (Lipinski definition) is 5. The smallest absolute Gasteiger partial charge is 0.264 e. The largest absolute Gasteiger partial charge is 0.278 e. The van der Waals surface area contributed by atoms with Gasteiger partial charge in [-0.15, -0.1) is 0 Å². The fraction of sp³-hybridized carbons (Fsp3) is 0. The van der Waals surface area contributed by atoms with Crippen LogP contribution in [0.25, 0.3) is 0 Å². The van der Waals surface area contributed by atoms with E-state index in [2.05, 4.69) is 14.7 Å². The van der Waals surface area contributed by atoms with Gasteiger partial charge >= 0.3 is 0 Å². The molecule has 0 saturated carbocycles. The van der Waals surface area contributed by atoms with Gasteiger partial charge in [-0.25, -0.2) is 13.4 Å². The zero-order valence-electron chi connectivity index (χ0n) is 9.11. The van der Waals surface area contributed by atoms with Crippen molar-refractivity contribution in [1.29, 1.82) is 5.26 Å². The number of rotatable bonds is 3. The Morgan fingerprint density at radius 3 is 2.67 bits per heavy atom. The van der Waals surface area contributed by atoms with E-state index in [1.165, 1.54) is 30.7 Å². The average molecular weight is 260 g/mol. The number of aromatic nitrogens is 2. The van der Waals surface area contributed by atoms with Crippen LogP contribution < -0.4 is 4.72 Å². The molecule has 18 heavy (non-hydrogen) atoms. The van der Waals surface area contributed by atoms with Gasteiger partial charge in [0.15, 0.2) is 5.69 Å². The van der Waals surface area contributed by atoms with Crippen molar-refractivity contribution in [2.75, 3.05) is 4.72 Å². The van der Waals surface area contributed by atoms with E-state index in [0.29, 0.717) is 5.69 Å². The molecular weight excluding hydrogens is 252 g/mol. The van der Waals surface area contributed by atoms with Crippen LogP contribution in [0.3, 0.4) is 0 Å². The van der Waals surface area contributed by atoms with Crippen LogP contribution in [0.1, 0.15) is 5.69 Å². The standard InChI is InChI=1S/C11H8N4O2S/c12-7-10-11(4-2-6-14-10)18(16,17)15-9-3-1-5-13-8-9/h1-6,8,15H. The second-order valence-corrected chi connectivity index (χ2v) is 4.96. The molecule has 6 nitrogen and oxygen atoms in total. The zero-order valence-corrected chi connectivity index (χ0v) is 9.92. The summed E-state index contributed by atoms with van der Waals surface area (Å²) in [4.78, 5) is 7.35. The van der Waals surface area contributed by atoms with Gasteiger partial charge in [-0.2, -0.15) is 5.26 Å². The fourth-order valence-corrected chi connectivity index (χ4v) is 2.48. The summed E-state index contributed by atoms with van der Waals surface area (Å²) >= 11 is 0. The van der Waals surface area contributed by atoms with Crippen molar-refractivity contribution in [2.24, 2.45) is 0 Å². The Hall–Kier alpha value is -2.46. The summed E-state index contributed by atoms with van der Waals surface area (Å²) in [6.07, 6.45) is 4.27. The summed E-state index contributed by atoms with van der Waals surface area (Å²) in [7, 11) is -3.83. The molecule has 0 aromatic carbocycles. The Morgan fingerprint density at radius 1 is 1.22 bits per heavy atom. The van der Waals surface area contributed by atoms with E-state index in [0.717, 1.165) is 0 Å². The monoisotopic (exact) mass is 260 g/mol. The molecule has 1 N–H and O–H groups in total. The summed E-state index contributed by atoms with van der Waals surface area (Å²) < 4.78 is 26.4. The highest BCUT2D eigenvalue weighted by Crippen LogP contribution is 2.16. The van der Waals surface area contributed by atoms with Gasteiger partial charge in [0.25, 0.3) is 10.0 Å². The first-order chi connectivity index (χ1) is 8.63. The molecule has 0 atom stereocenters. The number of nitrogens with zero attached hydrogens (tertiary/aromatic N) is 3. The van der Waals surface area contributed by atoms with E-state index in [1.807, 2.05) is 0 Å². The van der Waals surface area contributed by atoms with Crippen LogP contribution in [0, 0.1) is 11.3 Å². The predicted molar refractivity (Wildman–Crippen MR) is 64.0 cm³/mol. The normalized spacial score (nSPS) is 10.6. The van der Waals surface area contributed by atoms with Gasteiger partial charge in [-0.05, 0) is 24.3 Å². The van der Waals surface area contributed by atoms with Crippen molar-refractivity contribution < 1.29 is 8.42 Å². The van der Waals surface area contributed by atoms with Crippen molar-refractivity contribution in [3.63, 3.8) is 0 Å². The number of nitriles is 1. The molecule has 90 valence electrons. The van der Waals surface area contributed by atoms with E-state index in [9.17, 15) is 8.42 Å². The first kappa shape index (κ1) is 12.0. The zero-order chi connectivity index (χ0) is 13.0. The van der Waals surface area contributed by atoms with Gasteiger partial charge in [0.1, 0.15) is 11.0 Å². The Balaban J connectivity index is 2.41. The third-order valence-corrected chi connectivity index (χ3v) is 3.49. The van der Waals surface area contributed by atoms with E-state index < -0.39 is 10.0 Å². The second kappa shape index (κ2) is 4.81. The molecule has 7 heteroatoms. The molecule has 0 fully saturated rings. The number of anilines is 1. The van der Waals surface area contributed by atoms with Crippen LogP contribution in [0.15, 0.2) is 47.8 Å². The summed E-state index contributed by atoms with van der Waals surface area (Å²) in [5.41, 5.74) is 0.180. The molecule has 0 unspecified atom stereocenters. The highest BCUT2D eigenvalue weighted by atomic mass is 32.2. The minimum atomic E-state index is -3.83. The van der Waals surface area contributed by atoms with Gasteiger partial charge in [0.2, 0.25) is 0 Å². The summed E-state index contributed by atoms with van der Waals surface area (Å²) in [6, 6.07) is 7.69. The van der Waals surface area contributed by atoms with Crippen molar-refractivity contribution in [3.05, 3.63) is 48.5 Å². The Morgan fingerprint density at radius 2 is 2.00 bits per heavy atom. The van der Waals surface area contributed by atoms with Gasteiger partial charge in [0.05, 0.1) is 11.9 Å². The molecule has 2 heterocycles. The number of hydrogen-bond donors (Lipinski definition) is 1. The van der Waals surface area contributed by atoms with Crippen LogP contribution in [0.2, 0.25) is 0 Å². The lowest BCUT2D eigenvalue weighted by Crippen LogP contribution is -2.15. The highest BCUT2D eigenvalue weighted by molar-refractivity contribution is 7.92. The van der Waals surface area contributed by atoms with Crippen LogP contribution in [-0.4, -0.2) is 18.4 Å². The van der Waals surface area contributed by atoms with Crippen molar-refractivity contribution in [2.45, 2.75) is 4.90 Å². The van der Waals surface area contributed by atoms with E-state index in [-0.39, 0.29) is 10.6 Å². The minimum Gasteiger partial charge on any atom is -0.278 e. The first-order valence-electron chi connectivity index (χ1n) is 4.91. The summed E-state index contributed by atoms with van der Waals surface area (Å²) in [5.74, 6) is 0. The van der Waals surface area contributed by atoms with Crippen molar-refractivity contribution in [3.8, 4) is 6.07 Å². The molecule has 2 aromatic heterocycles. The van der Waals surface area contributed by atoms with Crippen LogP contribution in [0.5, 0.6) is 0 Å². The van der Waals surface area contributed by atoms with Crippen molar-refractivity contribution in [1.82, 2.24) is 9.97 Å². The third kappa shape index (κ3) is 2.44. The third-order valence-electron chi connectivity index (χ3n) is 2.08. The average Bonchev–Trinajstić information content (AvgIpc) is 2.39. The molecular formula is C11H8N4O2S. The van der Waals surface area contributed by atoms with E-state index in [4.69, 9.17) is 5.26 Å². The maximum absolute atomic E-state index is 12.1. The summed E-state index contributed by atoms with van der Waals surface area (Å²) in [6.45, 7) is 0. The van der Waals surface area contributed by atoms with Crippen molar-refractivity contribution >= 4 is 15.7 Å². The van der Waals surface area contributed by atoms with E-state index in [1.54, 1.807) is 18.2 Å². The maximum Gasteiger partial charge on any atom is 0.264 e. The molecule has 0 aliphatic carbocycles. The molecule has 0 bridgehead atoms. The SMILES string of the molecule is N#Cc1ncccc1S(=O)(=O)Nc1cccnc1. The van der Waals surface area contributed by atoms with Crippen LogP contribution >= 0.6 is 0 Å². The molecule has 0 radical (unpaired) electrons.